The molecule has 2 N–H and O–H groups in total. The second-order valence-corrected chi connectivity index (χ2v) is 6.86. The average molecular weight is 414 g/mol. The van der Waals surface area contributed by atoms with Gasteiger partial charge >= 0.3 is 0 Å². The number of nitrogens with zero attached hydrogens (tertiary/aromatic N) is 1. The first-order valence-electron chi connectivity index (χ1n) is 9.61. The molecule has 0 saturated carbocycles. The summed E-state index contributed by atoms with van der Waals surface area (Å²) in [7, 11) is 0. The van der Waals surface area contributed by atoms with Crippen LogP contribution in [0.25, 0.3) is 10.8 Å². The Hall–Kier alpha value is -4.19. The van der Waals surface area contributed by atoms with E-state index in [1.54, 1.807) is 42.5 Å². The van der Waals surface area contributed by atoms with Gasteiger partial charge in [0.15, 0.2) is 0 Å². The van der Waals surface area contributed by atoms with E-state index in [0.29, 0.717) is 23.5 Å². The number of carbonyl (C=O) groups is 1. The zero-order valence-electron chi connectivity index (χ0n) is 16.5. The van der Waals surface area contributed by atoms with Gasteiger partial charge in [0, 0.05) is 11.1 Å². The summed E-state index contributed by atoms with van der Waals surface area (Å²) in [5.41, 5.74) is 4.25. The molecule has 6 heteroatoms. The van der Waals surface area contributed by atoms with Gasteiger partial charge in [-0.25, -0.2) is 9.82 Å². The Morgan fingerprint density at radius 1 is 0.968 bits per heavy atom. The van der Waals surface area contributed by atoms with Gasteiger partial charge in [0.25, 0.3) is 5.91 Å². The SMILES string of the molecule is O=C(NN=Cc1c(O)ccc2ccccc12)c1ccc(OCc2ccc(F)cc2)cc1. The molecule has 0 fully saturated rings. The van der Waals surface area contributed by atoms with Crippen LogP contribution in [0, 0.1) is 5.82 Å². The van der Waals surface area contributed by atoms with Crippen LogP contribution >= 0.6 is 0 Å². The first-order chi connectivity index (χ1) is 15.1. The lowest BCUT2D eigenvalue weighted by molar-refractivity contribution is 0.0955. The number of halogens is 1. The van der Waals surface area contributed by atoms with Crippen molar-refractivity contribution in [3.05, 3.63) is 107 Å². The molecule has 0 bridgehead atoms. The zero-order chi connectivity index (χ0) is 21.6. The van der Waals surface area contributed by atoms with Crippen LogP contribution < -0.4 is 10.2 Å². The molecule has 1 amide bonds. The van der Waals surface area contributed by atoms with Gasteiger partial charge in [-0.1, -0.05) is 42.5 Å². The molecule has 0 radical (unpaired) electrons. The third kappa shape index (κ3) is 4.87. The predicted octanol–water partition coefficient (Wildman–Crippen LogP) is 5.03. The summed E-state index contributed by atoms with van der Waals surface area (Å²) in [5.74, 6) is -0.0112. The molecule has 31 heavy (non-hydrogen) atoms. The van der Waals surface area contributed by atoms with E-state index in [4.69, 9.17) is 4.74 Å². The molecular weight excluding hydrogens is 395 g/mol. The Labute approximate surface area is 178 Å². The van der Waals surface area contributed by atoms with Crippen LogP contribution in [0.3, 0.4) is 0 Å². The third-order valence-electron chi connectivity index (χ3n) is 4.74. The molecule has 154 valence electrons. The van der Waals surface area contributed by atoms with Crippen molar-refractivity contribution < 1.29 is 19.0 Å². The lowest BCUT2D eigenvalue weighted by atomic mass is 10.0. The van der Waals surface area contributed by atoms with Crippen molar-refractivity contribution in [2.24, 2.45) is 5.10 Å². The Kier molecular flexibility index (Phi) is 5.89. The zero-order valence-corrected chi connectivity index (χ0v) is 16.5. The number of fused-ring (bicyclic) bond motifs is 1. The van der Waals surface area contributed by atoms with Crippen LogP contribution in [0.5, 0.6) is 11.5 Å². The summed E-state index contributed by atoms with van der Waals surface area (Å²) in [6, 6.07) is 23.7. The van der Waals surface area contributed by atoms with E-state index in [-0.39, 0.29) is 17.5 Å². The number of hydrazone groups is 1. The highest BCUT2D eigenvalue weighted by Crippen LogP contribution is 2.25. The van der Waals surface area contributed by atoms with Gasteiger partial charge in [-0.15, -0.1) is 0 Å². The second-order valence-electron chi connectivity index (χ2n) is 6.86. The highest BCUT2D eigenvalue weighted by molar-refractivity contribution is 6.03. The summed E-state index contributed by atoms with van der Waals surface area (Å²) >= 11 is 0. The van der Waals surface area contributed by atoms with Crippen molar-refractivity contribution in [3.8, 4) is 11.5 Å². The fourth-order valence-corrected chi connectivity index (χ4v) is 3.09. The van der Waals surface area contributed by atoms with E-state index < -0.39 is 0 Å². The smallest absolute Gasteiger partial charge is 0.271 e. The largest absolute Gasteiger partial charge is 0.507 e. The molecule has 0 unspecified atom stereocenters. The third-order valence-corrected chi connectivity index (χ3v) is 4.74. The van der Waals surface area contributed by atoms with Gasteiger partial charge in [-0.2, -0.15) is 5.10 Å². The minimum Gasteiger partial charge on any atom is -0.507 e. The van der Waals surface area contributed by atoms with Gasteiger partial charge in [0.2, 0.25) is 0 Å². The summed E-state index contributed by atoms with van der Waals surface area (Å²) in [6.07, 6.45) is 1.43. The number of aromatic hydroxyl groups is 1. The fourth-order valence-electron chi connectivity index (χ4n) is 3.09. The molecular formula is C25H19FN2O3. The number of phenols is 1. The monoisotopic (exact) mass is 414 g/mol. The van der Waals surface area contributed by atoms with Crippen molar-refractivity contribution in [1.29, 1.82) is 0 Å². The lowest BCUT2D eigenvalue weighted by Gasteiger charge is -2.07. The maximum absolute atomic E-state index is 12.9. The number of ether oxygens (including phenoxy) is 1. The molecule has 4 rings (SSSR count). The Bertz CT molecular complexity index is 1240. The first-order valence-corrected chi connectivity index (χ1v) is 9.61. The molecule has 0 aliphatic heterocycles. The summed E-state index contributed by atoms with van der Waals surface area (Å²) in [4.78, 5) is 12.3. The van der Waals surface area contributed by atoms with Crippen molar-refractivity contribution in [3.63, 3.8) is 0 Å². The molecule has 4 aromatic rings. The number of benzene rings is 4. The molecule has 0 aliphatic rings. The minimum atomic E-state index is -0.388. The van der Waals surface area contributed by atoms with Gasteiger partial charge in [-0.3, -0.25) is 4.79 Å². The number of hydrogen-bond acceptors (Lipinski definition) is 4. The minimum absolute atomic E-state index is 0.0827. The number of amides is 1. The van der Waals surface area contributed by atoms with Crippen LogP contribution in [0.4, 0.5) is 4.39 Å². The number of nitrogens with one attached hydrogen (secondary N) is 1. The highest BCUT2D eigenvalue weighted by atomic mass is 19.1. The van der Waals surface area contributed by atoms with E-state index in [2.05, 4.69) is 10.5 Å². The van der Waals surface area contributed by atoms with Gasteiger partial charge in [0.1, 0.15) is 23.9 Å². The van der Waals surface area contributed by atoms with Crippen LogP contribution in [-0.2, 0) is 6.61 Å². The fraction of sp³-hybridized carbons (Fsp3) is 0.0400. The molecule has 0 atom stereocenters. The maximum atomic E-state index is 12.9. The Balaban J connectivity index is 1.38. The van der Waals surface area contributed by atoms with Crippen LogP contribution in [0.1, 0.15) is 21.5 Å². The normalized spacial score (nSPS) is 11.0. The first kappa shape index (κ1) is 20.1. The van der Waals surface area contributed by atoms with Crippen LogP contribution in [0.2, 0.25) is 0 Å². The maximum Gasteiger partial charge on any atom is 0.271 e. The molecule has 0 aliphatic carbocycles. The summed E-state index contributed by atoms with van der Waals surface area (Å²) in [6.45, 7) is 0.296. The lowest BCUT2D eigenvalue weighted by Crippen LogP contribution is -2.17. The van der Waals surface area contributed by atoms with E-state index in [1.165, 1.54) is 18.3 Å². The van der Waals surface area contributed by atoms with E-state index in [0.717, 1.165) is 16.3 Å². The second kappa shape index (κ2) is 9.09. The van der Waals surface area contributed by atoms with E-state index >= 15 is 0 Å². The Morgan fingerprint density at radius 3 is 2.48 bits per heavy atom. The van der Waals surface area contributed by atoms with Crippen molar-refractivity contribution in [1.82, 2.24) is 5.43 Å². The highest BCUT2D eigenvalue weighted by Gasteiger charge is 2.07. The van der Waals surface area contributed by atoms with Crippen molar-refractivity contribution >= 4 is 22.9 Å². The Morgan fingerprint density at radius 2 is 1.71 bits per heavy atom. The van der Waals surface area contributed by atoms with Gasteiger partial charge in [0.05, 0.1) is 6.21 Å². The van der Waals surface area contributed by atoms with E-state index in [1.807, 2.05) is 30.3 Å². The molecule has 0 heterocycles. The quantitative estimate of drug-likeness (QED) is 0.343. The number of phenolic OH excluding ortho intramolecular Hbond substituents is 1. The number of carbonyl (C=O) groups excluding carboxylic acids is 1. The van der Waals surface area contributed by atoms with Crippen LogP contribution in [-0.4, -0.2) is 17.2 Å². The topological polar surface area (TPSA) is 70.9 Å². The number of hydrogen-bond donors (Lipinski definition) is 2. The standard InChI is InChI=1S/C25H19FN2O3/c26-20-10-5-17(6-11-20)16-31-21-12-7-19(8-13-21)25(30)28-27-15-23-22-4-2-1-3-18(22)9-14-24(23)29/h1-15,29H,16H2,(H,28,30). The van der Waals surface area contributed by atoms with Crippen molar-refractivity contribution in [2.45, 2.75) is 6.61 Å². The molecule has 0 spiro atoms. The van der Waals surface area contributed by atoms with Gasteiger partial charge < -0.3 is 9.84 Å². The van der Waals surface area contributed by atoms with Gasteiger partial charge in [-0.05, 0) is 58.8 Å². The summed E-state index contributed by atoms with van der Waals surface area (Å²) in [5, 5.41) is 15.9. The molecule has 5 nitrogen and oxygen atoms in total. The van der Waals surface area contributed by atoms with E-state index in [9.17, 15) is 14.3 Å². The van der Waals surface area contributed by atoms with Crippen molar-refractivity contribution in [2.75, 3.05) is 0 Å². The average Bonchev–Trinajstić information content (AvgIpc) is 2.80. The number of rotatable bonds is 6. The molecule has 0 saturated heterocycles. The van der Waals surface area contributed by atoms with Crippen LogP contribution in [0.15, 0.2) is 90.0 Å². The molecule has 0 aromatic heterocycles. The predicted molar refractivity (Wildman–Crippen MR) is 118 cm³/mol. The summed E-state index contributed by atoms with van der Waals surface area (Å²) < 4.78 is 18.6. The molecule has 4 aromatic carbocycles.